The number of anilines is 3. The lowest BCUT2D eigenvalue weighted by Crippen LogP contribution is -2.57. The van der Waals surface area contributed by atoms with Gasteiger partial charge in [0.1, 0.15) is 18.4 Å². The van der Waals surface area contributed by atoms with Gasteiger partial charge in [-0.3, -0.25) is 33.4 Å². The maximum absolute atomic E-state index is 14.0. The molecule has 4 heterocycles. The minimum absolute atomic E-state index is 0.0116. The first-order valence-corrected chi connectivity index (χ1v) is 22.9. The fourth-order valence-electron chi connectivity index (χ4n) is 7.37. The number of likely N-dealkylation sites (tertiary alicyclic amines) is 1. The number of nitrogens with zero attached hydrogens (tertiary/aromatic N) is 7. The third-order valence-electron chi connectivity index (χ3n) is 10.9. The number of thiazole rings is 1. The van der Waals surface area contributed by atoms with Crippen molar-refractivity contribution in [2.45, 2.75) is 71.7 Å². The zero-order valence-electron chi connectivity index (χ0n) is 39.4. The van der Waals surface area contributed by atoms with Gasteiger partial charge >= 0.3 is 0 Å². The molecule has 0 bridgehead atoms. The van der Waals surface area contributed by atoms with Gasteiger partial charge in [-0.25, -0.2) is 9.97 Å². The van der Waals surface area contributed by atoms with E-state index in [1.54, 1.807) is 73.9 Å². The Morgan fingerprint density at radius 3 is 2.33 bits per heavy atom. The Labute approximate surface area is 402 Å². The molecule has 366 valence electrons. The normalized spacial score (nSPS) is 14.9. The lowest BCUT2D eigenvalue weighted by atomic mass is 9.85. The van der Waals surface area contributed by atoms with Gasteiger partial charge in [0, 0.05) is 52.5 Å². The first-order chi connectivity index (χ1) is 32.9. The fourth-order valence-corrected chi connectivity index (χ4v) is 8.18. The molecule has 6 rings (SSSR count). The van der Waals surface area contributed by atoms with Gasteiger partial charge in [0.05, 0.1) is 66.0 Å². The van der Waals surface area contributed by atoms with Gasteiger partial charge in [-0.15, -0.1) is 21.5 Å². The van der Waals surface area contributed by atoms with Gasteiger partial charge < -0.3 is 51.4 Å². The van der Waals surface area contributed by atoms with Gasteiger partial charge in [-0.05, 0) is 35.6 Å². The Kier molecular flexibility index (Phi) is 17.1. The maximum atomic E-state index is 14.0. The van der Waals surface area contributed by atoms with E-state index in [4.69, 9.17) is 9.47 Å². The summed E-state index contributed by atoms with van der Waals surface area (Å²) < 4.78 is 12.8. The predicted molar refractivity (Wildman–Crippen MR) is 255 cm³/mol. The molecule has 0 spiro atoms. The number of para-hydroxylation sites is 1. The van der Waals surface area contributed by atoms with Crippen LogP contribution in [0.15, 0.2) is 60.4 Å². The highest BCUT2D eigenvalue weighted by atomic mass is 32.1. The van der Waals surface area contributed by atoms with Crippen LogP contribution in [-0.4, -0.2) is 134 Å². The molecule has 23 heteroatoms. The molecule has 1 fully saturated rings. The van der Waals surface area contributed by atoms with Crippen LogP contribution in [0, 0.1) is 12.3 Å². The first-order valence-electron chi connectivity index (χ1n) is 22.0. The van der Waals surface area contributed by atoms with E-state index in [0.29, 0.717) is 22.8 Å². The topological polar surface area (TPSA) is 286 Å². The van der Waals surface area contributed by atoms with Crippen molar-refractivity contribution in [2.75, 3.05) is 51.1 Å². The number of carbonyl (C=O) groups is 6. The highest BCUT2D eigenvalue weighted by Gasteiger charge is 2.44. The zero-order valence-corrected chi connectivity index (χ0v) is 40.2. The van der Waals surface area contributed by atoms with Crippen molar-refractivity contribution in [2.24, 2.45) is 12.5 Å². The molecule has 0 aliphatic carbocycles. The van der Waals surface area contributed by atoms with E-state index in [9.17, 15) is 33.9 Å². The third-order valence-corrected chi connectivity index (χ3v) is 11.9. The second kappa shape index (κ2) is 23.1. The smallest absolute Gasteiger partial charge is 0.273 e. The number of benzene rings is 2. The van der Waals surface area contributed by atoms with E-state index in [1.165, 1.54) is 25.1 Å². The molecule has 6 amide bonds. The van der Waals surface area contributed by atoms with E-state index in [0.717, 1.165) is 21.7 Å². The number of rotatable bonds is 20. The molecule has 3 aromatic heterocycles. The predicted octanol–water partition coefficient (Wildman–Crippen LogP) is 2.48. The fraction of sp³-hybridized carbons (Fsp3) is 0.413. The monoisotopic (exact) mass is 967 g/mol. The number of aliphatic hydroxyl groups excluding tert-OH is 1. The minimum Gasteiger partial charge on any atom is -0.494 e. The van der Waals surface area contributed by atoms with Crippen molar-refractivity contribution in [3.05, 3.63) is 77.3 Å². The number of aryl methyl sites for hydroxylation is 2. The van der Waals surface area contributed by atoms with Gasteiger partial charge in [0.2, 0.25) is 29.5 Å². The van der Waals surface area contributed by atoms with Crippen molar-refractivity contribution >= 4 is 64.0 Å². The van der Waals surface area contributed by atoms with Crippen LogP contribution in [0.1, 0.15) is 61.8 Å². The molecule has 0 saturated carbocycles. The van der Waals surface area contributed by atoms with Crippen molar-refractivity contribution in [1.82, 2.24) is 56.1 Å². The summed E-state index contributed by atoms with van der Waals surface area (Å²) in [6, 6.07) is 12.5. The molecular weight excluding hydrogens is 911 g/mol. The molecule has 69 heavy (non-hydrogen) atoms. The standard InChI is InChI=1S/C46H57N13O9S/c1-26-40(69-25-51-26)28-13-11-27(12-14-28)21-49-43(64)33-19-29(60)23-59(33)45(66)41(46(2,3)4)54-36(62)16-18-68-17-15-35(61)48-22-37(63)53-34-20-32(38(56-55-34)44(65)47-5)52-31-10-8-9-30(39(31)67-7)42-50-24-58(6)57-42/h8-14,20,24-25,29,33,41,60H,15-19,21-23H2,1-7H3,(H,47,65)(H,48,61)(H,49,64)(H,54,62)(H2,52,53,55,63)/t29-,33+,41-/m1/s1. The molecule has 22 nitrogen and oxygen atoms in total. The summed E-state index contributed by atoms with van der Waals surface area (Å²) in [5.74, 6) is -2.28. The second-order valence-electron chi connectivity index (χ2n) is 17.2. The maximum Gasteiger partial charge on any atom is 0.273 e. The minimum atomic E-state index is -1.02. The third kappa shape index (κ3) is 13.4. The van der Waals surface area contributed by atoms with Crippen LogP contribution in [0.3, 0.4) is 0 Å². The zero-order chi connectivity index (χ0) is 49.8. The Hall–Kier alpha value is -7.37. The summed E-state index contributed by atoms with van der Waals surface area (Å²) in [6.07, 6.45) is 0.431. The molecule has 1 aliphatic rings. The summed E-state index contributed by atoms with van der Waals surface area (Å²) in [5.41, 5.74) is 5.02. The summed E-state index contributed by atoms with van der Waals surface area (Å²) in [6.45, 7) is 6.92. The number of aliphatic hydroxyl groups is 1. The molecule has 5 aromatic rings. The number of aromatic nitrogens is 6. The van der Waals surface area contributed by atoms with Crippen LogP contribution < -0.4 is 36.6 Å². The first kappa shape index (κ1) is 51.0. The second-order valence-corrected chi connectivity index (χ2v) is 18.1. The Morgan fingerprint density at radius 2 is 1.68 bits per heavy atom. The van der Waals surface area contributed by atoms with E-state index in [2.05, 4.69) is 57.2 Å². The number of β-amino-alcohol motifs (C(OH)–C–C–N with tert-alkyl or cyclic N) is 1. The Balaban J connectivity index is 0.938. The van der Waals surface area contributed by atoms with Gasteiger partial charge in [-0.2, -0.15) is 5.10 Å². The molecule has 1 aliphatic heterocycles. The molecule has 7 N–H and O–H groups in total. The van der Waals surface area contributed by atoms with E-state index in [1.807, 2.05) is 31.2 Å². The number of ether oxygens (including phenoxy) is 2. The van der Waals surface area contributed by atoms with E-state index >= 15 is 0 Å². The number of carbonyl (C=O) groups excluding carboxylic acids is 6. The average Bonchev–Trinajstić information content (AvgIpc) is 4.07. The number of hydrogen-bond donors (Lipinski definition) is 7. The SMILES string of the molecule is CNC(=O)c1nnc(NC(=O)CNC(=O)CCOCCC(=O)N[C@H](C(=O)N2C[C@H](O)C[C@H]2C(=O)NCc2ccc(-c3scnc3C)cc2)C(C)(C)C)cc1Nc1cccc(-c2ncn(C)n2)c1OC. The van der Waals surface area contributed by atoms with Crippen LogP contribution in [0.5, 0.6) is 5.75 Å². The van der Waals surface area contributed by atoms with Crippen LogP contribution in [0.4, 0.5) is 17.2 Å². The largest absolute Gasteiger partial charge is 0.494 e. The lowest BCUT2D eigenvalue weighted by Gasteiger charge is -2.35. The van der Waals surface area contributed by atoms with Crippen molar-refractivity contribution < 1.29 is 43.3 Å². The summed E-state index contributed by atoms with van der Waals surface area (Å²) in [7, 11) is 4.65. The van der Waals surface area contributed by atoms with E-state index < -0.39 is 65.6 Å². The Bertz CT molecular complexity index is 2650. The van der Waals surface area contributed by atoms with Gasteiger partial charge in [-0.1, -0.05) is 51.1 Å². The summed E-state index contributed by atoms with van der Waals surface area (Å²) in [4.78, 5) is 89.7. The number of hydrogen-bond acceptors (Lipinski definition) is 16. The quantitative estimate of drug-likeness (QED) is 0.0552. The molecule has 2 aromatic carbocycles. The molecule has 0 radical (unpaired) electrons. The van der Waals surface area contributed by atoms with Gasteiger partial charge in [0.15, 0.2) is 23.1 Å². The highest BCUT2D eigenvalue weighted by molar-refractivity contribution is 7.13. The lowest BCUT2D eigenvalue weighted by molar-refractivity contribution is -0.144. The Morgan fingerprint density at radius 1 is 0.942 bits per heavy atom. The van der Waals surface area contributed by atoms with E-state index in [-0.39, 0.29) is 62.8 Å². The highest BCUT2D eigenvalue weighted by Crippen LogP contribution is 2.37. The number of amides is 6. The van der Waals surface area contributed by atoms with Crippen molar-refractivity contribution in [3.63, 3.8) is 0 Å². The summed E-state index contributed by atoms with van der Waals surface area (Å²) in [5, 5.41) is 39.2. The van der Waals surface area contributed by atoms with Crippen LogP contribution in [-0.2, 0) is 42.3 Å². The molecule has 0 unspecified atom stereocenters. The van der Waals surface area contributed by atoms with Gasteiger partial charge in [0.25, 0.3) is 5.91 Å². The van der Waals surface area contributed by atoms with Crippen LogP contribution >= 0.6 is 11.3 Å². The van der Waals surface area contributed by atoms with Crippen LogP contribution in [0.2, 0.25) is 0 Å². The molecule has 3 atom stereocenters. The van der Waals surface area contributed by atoms with Crippen molar-refractivity contribution in [3.8, 4) is 27.6 Å². The average molecular weight is 968 g/mol. The number of nitrogens with one attached hydrogen (secondary N) is 6. The number of methoxy groups -OCH3 is 1. The van der Waals surface area contributed by atoms with Crippen LogP contribution in [0.25, 0.3) is 21.8 Å². The molecular formula is C46H57N13O9S. The molecule has 1 saturated heterocycles. The summed E-state index contributed by atoms with van der Waals surface area (Å²) >= 11 is 1.55. The van der Waals surface area contributed by atoms with Crippen molar-refractivity contribution in [1.29, 1.82) is 0 Å².